The third-order valence-electron chi connectivity index (χ3n) is 4.08. The first-order valence-electron chi connectivity index (χ1n) is 6.93. The number of hydrogen-bond acceptors (Lipinski definition) is 2. The molecule has 0 saturated heterocycles. The standard InChI is InChI=1S/C15H20N2O/c18-15(17-12-6-2-3-7-12)9-14-13-8-4-1-5-11(13)10-16-14/h1,4-5,8,12,14,16H,2-3,6-7,9-10H2,(H,17,18). The van der Waals surface area contributed by atoms with Gasteiger partial charge in [0.1, 0.15) is 0 Å². The highest BCUT2D eigenvalue weighted by Crippen LogP contribution is 2.27. The number of carbonyl (C=O) groups excluding carboxylic acids is 1. The van der Waals surface area contributed by atoms with Gasteiger partial charge in [-0.15, -0.1) is 0 Å². The SMILES string of the molecule is O=C(CC1NCc2ccccc21)NC1CCCC1. The van der Waals surface area contributed by atoms with Gasteiger partial charge in [-0.25, -0.2) is 0 Å². The van der Waals surface area contributed by atoms with E-state index in [1.54, 1.807) is 0 Å². The first kappa shape index (κ1) is 11.7. The van der Waals surface area contributed by atoms with Crippen molar-refractivity contribution >= 4 is 5.91 Å². The summed E-state index contributed by atoms with van der Waals surface area (Å²) in [5, 5.41) is 6.57. The zero-order valence-corrected chi connectivity index (χ0v) is 10.6. The predicted molar refractivity (Wildman–Crippen MR) is 71.0 cm³/mol. The van der Waals surface area contributed by atoms with Crippen LogP contribution in [0.1, 0.15) is 49.3 Å². The van der Waals surface area contributed by atoms with E-state index in [2.05, 4.69) is 28.8 Å². The van der Waals surface area contributed by atoms with Crippen LogP contribution in [0.25, 0.3) is 0 Å². The third kappa shape index (κ3) is 2.41. The van der Waals surface area contributed by atoms with Crippen molar-refractivity contribution in [2.75, 3.05) is 0 Å². The molecular formula is C15H20N2O. The lowest BCUT2D eigenvalue weighted by Crippen LogP contribution is -2.34. The molecule has 0 bridgehead atoms. The molecule has 96 valence electrons. The molecular weight excluding hydrogens is 224 g/mol. The minimum absolute atomic E-state index is 0.191. The normalized spacial score (nSPS) is 23.0. The monoisotopic (exact) mass is 244 g/mol. The lowest BCUT2D eigenvalue weighted by molar-refractivity contribution is -0.122. The topological polar surface area (TPSA) is 41.1 Å². The first-order chi connectivity index (χ1) is 8.83. The molecule has 3 rings (SSSR count). The minimum Gasteiger partial charge on any atom is -0.353 e. The second-order valence-corrected chi connectivity index (χ2v) is 5.39. The summed E-state index contributed by atoms with van der Waals surface area (Å²) >= 11 is 0. The molecule has 1 unspecified atom stereocenters. The van der Waals surface area contributed by atoms with E-state index in [-0.39, 0.29) is 11.9 Å². The quantitative estimate of drug-likeness (QED) is 0.856. The van der Waals surface area contributed by atoms with Crippen molar-refractivity contribution in [3.05, 3.63) is 35.4 Å². The molecule has 3 nitrogen and oxygen atoms in total. The molecule has 18 heavy (non-hydrogen) atoms. The van der Waals surface area contributed by atoms with Crippen LogP contribution in [0.3, 0.4) is 0 Å². The Kier molecular flexibility index (Phi) is 3.33. The Labute approximate surface area is 108 Å². The Bertz CT molecular complexity index is 438. The largest absolute Gasteiger partial charge is 0.353 e. The van der Waals surface area contributed by atoms with Crippen LogP contribution >= 0.6 is 0 Å². The van der Waals surface area contributed by atoms with Gasteiger partial charge in [0, 0.05) is 25.0 Å². The van der Waals surface area contributed by atoms with Gasteiger partial charge < -0.3 is 10.6 Å². The van der Waals surface area contributed by atoms with E-state index < -0.39 is 0 Å². The summed E-state index contributed by atoms with van der Waals surface area (Å²) in [6, 6.07) is 8.99. The zero-order valence-electron chi connectivity index (χ0n) is 10.6. The van der Waals surface area contributed by atoms with Gasteiger partial charge in [0.25, 0.3) is 0 Å². The van der Waals surface area contributed by atoms with E-state index in [1.807, 2.05) is 6.07 Å². The molecule has 3 heteroatoms. The third-order valence-corrected chi connectivity index (χ3v) is 4.08. The highest BCUT2D eigenvalue weighted by Gasteiger charge is 2.25. The molecule has 1 aromatic rings. The molecule has 2 aliphatic rings. The van der Waals surface area contributed by atoms with Crippen molar-refractivity contribution in [3.8, 4) is 0 Å². The van der Waals surface area contributed by atoms with Crippen LogP contribution in [0.4, 0.5) is 0 Å². The van der Waals surface area contributed by atoms with Crippen LogP contribution in [-0.2, 0) is 11.3 Å². The van der Waals surface area contributed by atoms with E-state index in [9.17, 15) is 4.79 Å². The molecule has 1 fully saturated rings. The molecule has 0 spiro atoms. The molecule has 1 aliphatic carbocycles. The molecule has 1 heterocycles. The fraction of sp³-hybridized carbons (Fsp3) is 0.533. The van der Waals surface area contributed by atoms with Crippen LogP contribution in [0, 0.1) is 0 Å². The number of fused-ring (bicyclic) bond motifs is 1. The maximum Gasteiger partial charge on any atom is 0.222 e. The highest BCUT2D eigenvalue weighted by atomic mass is 16.1. The summed E-state index contributed by atoms with van der Waals surface area (Å²) in [5.41, 5.74) is 2.62. The van der Waals surface area contributed by atoms with Gasteiger partial charge in [0.2, 0.25) is 5.91 Å². The Morgan fingerprint density at radius 2 is 2.06 bits per heavy atom. The van der Waals surface area contributed by atoms with Crippen molar-refractivity contribution in [2.24, 2.45) is 0 Å². The van der Waals surface area contributed by atoms with Crippen molar-refractivity contribution < 1.29 is 4.79 Å². The second-order valence-electron chi connectivity index (χ2n) is 5.39. The van der Waals surface area contributed by atoms with Gasteiger partial charge in [0.15, 0.2) is 0 Å². The summed E-state index contributed by atoms with van der Waals surface area (Å²) in [6.07, 6.45) is 5.39. The lowest BCUT2D eigenvalue weighted by atomic mass is 10.0. The number of hydrogen-bond donors (Lipinski definition) is 2. The fourth-order valence-electron chi connectivity index (χ4n) is 3.10. The van der Waals surface area contributed by atoms with Gasteiger partial charge in [0.05, 0.1) is 0 Å². The molecule has 0 radical (unpaired) electrons. The summed E-state index contributed by atoms with van der Waals surface area (Å²) in [4.78, 5) is 12.0. The minimum atomic E-state index is 0.191. The van der Waals surface area contributed by atoms with E-state index in [4.69, 9.17) is 0 Å². The van der Waals surface area contributed by atoms with Gasteiger partial charge >= 0.3 is 0 Å². The maximum absolute atomic E-state index is 12.0. The van der Waals surface area contributed by atoms with Crippen LogP contribution in [0.5, 0.6) is 0 Å². The number of carbonyl (C=O) groups is 1. The van der Waals surface area contributed by atoms with Crippen LogP contribution in [-0.4, -0.2) is 11.9 Å². The van der Waals surface area contributed by atoms with Gasteiger partial charge in [-0.05, 0) is 24.0 Å². The number of nitrogens with one attached hydrogen (secondary N) is 2. The lowest BCUT2D eigenvalue weighted by Gasteiger charge is -2.15. The smallest absolute Gasteiger partial charge is 0.222 e. The van der Waals surface area contributed by atoms with Crippen LogP contribution in [0.15, 0.2) is 24.3 Å². The van der Waals surface area contributed by atoms with Crippen molar-refractivity contribution in [3.63, 3.8) is 0 Å². The van der Waals surface area contributed by atoms with E-state index in [0.29, 0.717) is 12.5 Å². The molecule has 1 atom stereocenters. The van der Waals surface area contributed by atoms with Crippen LogP contribution < -0.4 is 10.6 Å². The zero-order chi connectivity index (χ0) is 12.4. The van der Waals surface area contributed by atoms with Gasteiger partial charge in [-0.1, -0.05) is 37.1 Å². The molecule has 1 saturated carbocycles. The van der Waals surface area contributed by atoms with E-state index in [0.717, 1.165) is 19.4 Å². The number of rotatable bonds is 3. The van der Waals surface area contributed by atoms with E-state index >= 15 is 0 Å². The molecule has 0 aromatic heterocycles. The number of amides is 1. The van der Waals surface area contributed by atoms with Gasteiger partial charge in [-0.3, -0.25) is 4.79 Å². The molecule has 1 aliphatic heterocycles. The average Bonchev–Trinajstić information content (AvgIpc) is 3.00. The maximum atomic E-state index is 12.0. The summed E-state index contributed by atoms with van der Waals surface area (Å²) in [7, 11) is 0. The Hall–Kier alpha value is -1.35. The van der Waals surface area contributed by atoms with E-state index in [1.165, 1.54) is 24.0 Å². The number of benzene rings is 1. The molecule has 2 N–H and O–H groups in total. The second kappa shape index (κ2) is 5.11. The fourth-order valence-corrected chi connectivity index (χ4v) is 3.10. The van der Waals surface area contributed by atoms with Crippen molar-refractivity contribution in [2.45, 2.75) is 50.7 Å². The Morgan fingerprint density at radius 1 is 1.28 bits per heavy atom. The first-order valence-corrected chi connectivity index (χ1v) is 6.93. The molecule has 1 aromatic carbocycles. The summed E-state index contributed by atoms with van der Waals surface area (Å²) in [5.74, 6) is 0.191. The van der Waals surface area contributed by atoms with Gasteiger partial charge in [-0.2, -0.15) is 0 Å². The summed E-state index contributed by atoms with van der Waals surface area (Å²) < 4.78 is 0. The Balaban J connectivity index is 1.58. The Morgan fingerprint density at radius 3 is 2.89 bits per heavy atom. The highest BCUT2D eigenvalue weighted by molar-refractivity contribution is 5.77. The van der Waals surface area contributed by atoms with Crippen LogP contribution in [0.2, 0.25) is 0 Å². The predicted octanol–water partition coefficient (Wildman–Crippen LogP) is 2.28. The average molecular weight is 244 g/mol. The van der Waals surface area contributed by atoms with Crippen molar-refractivity contribution in [1.82, 2.24) is 10.6 Å². The van der Waals surface area contributed by atoms with Crippen molar-refractivity contribution in [1.29, 1.82) is 0 Å². The summed E-state index contributed by atoms with van der Waals surface area (Å²) in [6.45, 7) is 0.886. The molecule has 1 amide bonds.